The smallest absolute Gasteiger partial charge is 0.0640 e. The molecule has 2 atom stereocenters. The molecular weight excluding hydrogens is 244 g/mol. The zero-order chi connectivity index (χ0) is 12.7. The van der Waals surface area contributed by atoms with E-state index in [0.717, 1.165) is 23.3 Å². The van der Waals surface area contributed by atoms with Crippen molar-refractivity contribution in [2.45, 2.75) is 51.2 Å². The van der Waals surface area contributed by atoms with Gasteiger partial charge in [0.2, 0.25) is 0 Å². The highest BCUT2D eigenvalue weighted by atomic mass is 35.5. The standard InChI is InChI=1S/C15H21ClN2/c1-10-4-3-5-14(16)15(10)17-12-8-11(2)18(9-12)13-6-7-13/h3-5,11-13,17H,6-9H2,1-2H3. The molecule has 1 N–H and O–H groups in total. The summed E-state index contributed by atoms with van der Waals surface area (Å²) in [7, 11) is 0. The fourth-order valence-electron chi connectivity index (χ4n) is 3.09. The molecule has 1 aromatic rings. The van der Waals surface area contributed by atoms with Crippen LogP contribution in [-0.2, 0) is 0 Å². The van der Waals surface area contributed by atoms with Crippen molar-refractivity contribution in [1.82, 2.24) is 4.90 Å². The van der Waals surface area contributed by atoms with Crippen LogP contribution in [0.5, 0.6) is 0 Å². The lowest BCUT2D eigenvalue weighted by molar-refractivity contribution is 0.257. The van der Waals surface area contributed by atoms with E-state index in [9.17, 15) is 0 Å². The van der Waals surface area contributed by atoms with Crippen LogP contribution in [0.2, 0.25) is 5.02 Å². The molecule has 0 spiro atoms. The number of benzene rings is 1. The number of anilines is 1. The first-order chi connectivity index (χ1) is 8.65. The summed E-state index contributed by atoms with van der Waals surface area (Å²) in [6.45, 7) is 5.63. The van der Waals surface area contributed by atoms with Crippen LogP contribution in [0.4, 0.5) is 5.69 Å². The third kappa shape index (κ3) is 2.36. The molecule has 0 amide bonds. The third-order valence-electron chi connectivity index (χ3n) is 4.21. The molecule has 2 unspecified atom stereocenters. The molecule has 1 heterocycles. The van der Waals surface area contributed by atoms with Crippen LogP contribution in [0, 0.1) is 6.92 Å². The Morgan fingerprint density at radius 2 is 2.11 bits per heavy atom. The number of hydrogen-bond donors (Lipinski definition) is 1. The number of halogens is 1. The molecule has 1 aliphatic heterocycles. The van der Waals surface area contributed by atoms with Gasteiger partial charge in [-0.25, -0.2) is 0 Å². The van der Waals surface area contributed by atoms with Crippen molar-refractivity contribution < 1.29 is 0 Å². The maximum absolute atomic E-state index is 6.28. The molecule has 2 nitrogen and oxygen atoms in total. The van der Waals surface area contributed by atoms with Crippen LogP contribution in [0.3, 0.4) is 0 Å². The maximum Gasteiger partial charge on any atom is 0.0640 e. The summed E-state index contributed by atoms with van der Waals surface area (Å²) < 4.78 is 0. The average Bonchev–Trinajstić information content (AvgIpc) is 3.09. The molecule has 0 aromatic heterocycles. The van der Waals surface area contributed by atoms with Gasteiger partial charge in [-0.1, -0.05) is 23.7 Å². The molecule has 3 rings (SSSR count). The molecule has 0 radical (unpaired) electrons. The lowest BCUT2D eigenvalue weighted by atomic mass is 10.1. The predicted octanol–water partition coefficient (Wildman–Crippen LogP) is 3.69. The van der Waals surface area contributed by atoms with E-state index in [1.807, 2.05) is 12.1 Å². The average molecular weight is 265 g/mol. The topological polar surface area (TPSA) is 15.3 Å². The first-order valence-corrected chi connectivity index (χ1v) is 7.30. The second kappa shape index (κ2) is 4.75. The Balaban J connectivity index is 1.70. The van der Waals surface area contributed by atoms with Crippen molar-refractivity contribution in [3.63, 3.8) is 0 Å². The first kappa shape index (κ1) is 12.3. The normalized spacial score (nSPS) is 28.6. The van der Waals surface area contributed by atoms with Crippen LogP contribution in [0.1, 0.15) is 31.7 Å². The number of nitrogens with zero attached hydrogens (tertiary/aromatic N) is 1. The van der Waals surface area contributed by atoms with Crippen LogP contribution in [0.25, 0.3) is 0 Å². The highest BCUT2D eigenvalue weighted by Gasteiger charge is 2.38. The van der Waals surface area contributed by atoms with Gasteiger partial charge in [0, 0.05) is 24.7 Å². The van der Waals surface area contributed by atoms with E-state index in [0.29, 0.717) is 12.1 Å². The van der Waals surface area contributed by atoms with E-state index in [-0.39, 0.29) is 0 Å². The Morgan fingerprint density at radius 3 is 2.78 bits per heavy atom. The summed E-state index contributed by atoms with van der Waals surface area (Å²) in [5, 5.41) is 4.49. The molecule has 2 aliphatic rings. The molecule has 2 fully saturated rings. The molecular formula is C15H21ClN2. The summed E-state index contributed by atoms with van der Waals surface area (Å²) in [6, 6.07) is 8.20. The second-order valence-electron chi connectivity index (χ2n) is 5.79. The van der Waals surface area contributed by atoms with E-state index in [1.165, 1.54) is 24.8 Å². The van der Waals surface area contributed by atoms with Gasteiger partial charge in [0.25, 0.3) is 0 Å². The Kier molecular flexibility index (Phi) is 3.25. The van der Waals surface area contributed by atoms with E-state index < -0.39 is 0 Å². The van der Waals surface area contributed by atoms with Crippen molar-refractivity contribution in [2.24, 2.45) is 0 Å². The van der Waals surface area contributed by atoms with Gasteiger partial charge >= 0.3 is 0 Å². The maximum atomic E-state index is 6.28. The Morgan fingerprint density at radius 1 is 1.33 bits per heavy atom. The number of nitrogens with one attached hydrogen (secondary N) is 1. The van der Waals surface area contributed by atoms with Crippen LogP contribution < -0.4 is 5.32 Å². The first-order valence-electron chi connectivity index (χ1n) is 6.92. The quantitative estimate of drug-likeness (QED) is 0.896. The zero-order valence-electron chi connectivity index (χ0n) is 11.1. The molecule has 1 aliphatic carbocycles. The molecule has 18 heavy (non-hydrogen) atoms. The zero-order valence-corrected chi connectivity index (χ0v) is 11.9. The van der Waals surface area contributed by atoms with Crippen molar-refractivity contribution in [2.75, 3.05) is 11.9 Å². The lowest BCUT2D eigenvalue weighted by Crippen LogP contribution is -2.31. The van der Waals surface area contributed by atoms with Gasteiger partial charge < -0.3 is 5.32 Å². The fraction of sp³-hybridized carbons (Fsp3) is 0.600. The van der Waals surface area contributed by atoms with Gasteiger partial charge in [0.1, 0.15) is 0 Å². The van der Waals surface area contributed by atoms with Crippen molar-refractivity contribution >= 4 is 17.3 Å². The Hall–Kier alpha value is -0.730. The minimum absolute atomic E-state index is 0.541. The van der Waals surface area contributed by atoms with Crippen LogP contribution in [-0.4, -0.2) is 29.6 Å². The molecule has 3 heteroatoms. The number of aryl methyl sites for hydroxylation is 1. The SMILES string of the molecule is Cc1cccc(Cl)c1NC1CC(C)N(C2CC2)C1. The molecule has 1 saturated heterocycles. The van der Waals surface area contributed by atoms with Crippen LogP contribution in [0.15, 0.2) is 18.2 Å². The monoisotopic (exact) mass is 264 g/mol. The van der Waals surface area contributed by atoms with Crippen LogP contribution >= 0.6 is 11.6 Å². The summed E-state index contributed by atoms with van der Waals surface area (Å²) in [6.07, 6.45) is 4.01. The Bertz CT molecular complexity index is 422. The number of hydrogen-bond acceptors (Lipinski definition) is 2. The number of rotatable bonds is 3. The third-order valence-corrected chi connectivity index (χ3v) is 4.52. The van der Waals surface area contributed by atoms with Crippen molar-refractivity contribution in [3.8, 4) is 0 Å². The van der Waals surface area contributed by atoms with Gasteiger partial charge in [-0.2, -0.15) is 0 Å². The summed E-state index contributed by atoms with van der Waals surface area (Å²) in [4.78, 5) is 2.66. The molecule has 0 bridgehead atoms. The molecule has 1 aromatic carbocycles. The summed E-state index contributed by atoms with van der Waals surface area (Å²) in [5.74, 6) is 0. The van der Waals surface area contributed by atoms with Gasteiger partial charge in [-0.05, 0) is 44.7 Å². The fourth-order valence-corrected chi connectivity index (χ4v) is 3.37. The van der Waals surface area contributed by atoms with Gasteiger partial charge in [0.15, 0.2) is 0 Å². The highest BCUT2D eigenvalue weighted by Crippen LogP contribution is 2.35. The van der Waals surface area contributed by atoms with Crippen molar-refractivity contribution in [1.29, 1.82) is 0 Å². The molecule has 98 valence electrons. The molecule has 1 saturated carbocycles. The van der Waals surface area contributed by atoms with Crippen molar-refractivity contribution in [3.05, 3.63) is 28.8 Å². The largest absolute Gasteiger partial charge is 0.380 e. The van der Waals surface area contributed by atoms with Gasteiger partial charge in [-0.3, -0.25) is 4.90 Å². The predicted molar refractivity (Wildman–Crippen MR) is 77.4 cm³/mol. The highest BCUT2D eigenvalue weighted by molar-refractivity contribution is 6.33. The lowest BCUT2D eigenvalue weighted by Gasteiger charge is -2.20. The second-order valence-corrected chi connectivity index (χ2v) is 6.19. The Labute approximate surface area is 114 Å². The van der Waals surface area contributed by atoms with E-state index >= 15 is 0 Å². The minimum Gasteiger partial charge on any atom is -0.380 e. The summed E-state index contributed by atoms with van der Waals surface area (Å²) in [5.41, 5.74) is 2.36. The van der Waals surface area contributed by atoms with E-state index in [1.54, 1.807) is 0 Å². The van der Waals surface area contributed by atoms with Gasteiger partial charge in [-0.15, -0.1) is 0 Å². The van der Waals surface area contributed by atoms with E-state index in [4.69, 9.17) is 11.6 Å². The van der Waals surface area contributed by atoms with E-state index in [2.05, 4.69) is 30.1 Å². The number of para-hydroxylation sites is 1. The van der Waals surface area contributed by atoms with Gasteiger partial charge in [0.05, 0.1) is 10.7 Å². The minimum atomic E-state index is 0.541. The summed E-state index contributed by atoms with van der Waals surface area (Å²) >= 11 is 6.28. The number of likely N-dealkylation sites (tertiary alicyclic amines) is 1.